The Labute approximate surface area is 139 Å². The molecule has 2 aromatic rings. The van der Waals surface area contributed by atoms with Crippen LogP contribution in [-0.2, 0) is 24.1 Å². The molecule has 2 rings (SSSR count). The van der Waals surface area contributed by atoms with Crippen molar-refractivity contribution in [2.45, 2.75) is 19.3 Å². The standard InChI is InChI=1S/C16H13BrF3NO2/c17-13-7-6-12(14(8-13)16(18,19)20)9-21-15(22)23-10-11-4-2-1-3-5-11/h1-8H,9-10H2,(H,21,22). The maximum atomic E-state index is 13.0. The molecule has 3 nitrogen and oxygen atoms in total. The van der Waals surface area contributed by atoms with E-state index < -0.39 is 17.8 Å². The molecule has 0 spiro atoms. The predicted molar refractivity (Wildman–Crippen MR) is 82.6 cm³/mol. The van der Waals surface area contributed by atoms with Gasteiger partial charge in [-0.25, -0.2) is 4.79 Å². The molecule has 0 aliphatic heterocycles. The van der Waals surface area contributed by atoms with Crippen LogP contribution in [0.2, 0.25) is 0 Å². The molecule has 0 saturated heterocycles. The molecular weight excluding hydrogens is 375 g/mol. The molecule has 0 radical (unpaired) electrons. The Morgan fingerprint density at radius 3 is 2.48 bits per heavy atom. The van der Waals surface area contributed by atoms with Crippen molar-refractivity contribution >= 4 is 22.0 Å². The Bertz CT molecular complexity index is 675. The highest BCUT2D eigenvalue weighted by atomic mass is 79.9. The van der Waals surface area contributed by atoms with E-state index in [1.165, 1.54) is 12.1 Å². The van der Waals surface area contributed by atoms with Gasteiger partial charge >= 0.3 is 12.3 Å². The van der Waals surface area contributed by atoms with Crippen LogP contribution in [0.5, 0.6) is 0 Å². The van der Waals surface area contributed by atoms with Crippen LogP contribution in [0.3, 0.4) is 0 Å². The summed E-state index contributed by atoms with van der Waals surface area (Å²) in [6.45, 7) is -0.213. The fraction of sp³-hybridized carbons (Fsp3) is 0.188. The summed E-state index contributed by atoms with van der Waals surface area (Å²) in [4.78, 5) is 11.6. The number of rotatable bonds is 4. The number of nitrogens with one attached hydrogen (secondary N) is 1. The van der Waals surface area contributed by atoms with Gasteiger partial charge in [0.05, 0.1) is 5.56 Å². The third kappa shape index (κ3) is 5.28. The molecule has 0 bridgehead atoms. The van der Waals surface area contributed by atoms with Crippen LogP contribution >= 0.6 is 15.9 Å². The number of halogens is 4. The van der Waals surface area contributed by atoms with Crippen LogP contribution < -0.4 is 5.32 Å². The first kappa shape index (κ1) is 17.3. The van der Waals surface area contributed by atoms with Crippen LogP contribution in [0.4, 0.5) is 18.0 Å². The Balaban J connectivity index is 1.94. The van der Waals surface area contributed by atoms with Crippen molar-refractivity contribution in [2.24, 2.45) is 0 Å². The van der Waals surface area contributed by atoms with Crippen LogP contribution in [0.1, 0.15) is 16.7 Å². The Kier molecular flexibility index (Phi) is 5.65. The highest BCUT2D eigenvalue weighted by molar-refractivity contribution is 9.10. The van der Waals surface area contributed by atoms with Crippen molar-refractivity contribution in [2.75, 3.05) is 0 Å². The average molecular weight is 388 g/mol. The molecule has 0 aromatic heterocycles. The number of ether oxygens (including phenoxy) is 1. The van der Waals surface area contributed by atoms with Gasteiger partial charge in [-0.05, 0) is 23.3 Å². The van der Waals surface area contributed by atoms with Gasteiger partial charge in [0.15, 0.2) is 0 Å². The summed E-state index contributed by atoms with van der Waals surface area (Å²) >= 11 is 3.01. The molecule has 2 aromatic carbocycles. The van der Waals surface area contributed by atoms with Gasteiger partial charge in [-0.1, -0.05) is 52.3 Å². The summed E-state index contributed by atoms with van der Waals surface area (Å²) < 4.78 is 44.2. The highest BCUT2D eigenvalue weighted by Crippen LogP contribution is 2.33. The first-order valence-electron chi connectivity index (χ1n) is 6.66. The van der Waals surface area contributed by atoms with Crippen molar-refractivity contribution < 1.29 is 22.7 Å². The van der Waals surface area contributed by atoms with Gasteiger partial charge in [0.1, 0.15) is 6.61 Å². The second-order valence-corrected chi connectivity index (χ2v) is 5.63. The van der Waals surface area contributed by atoms with E-state index in [0.29, 0.717) is 4.47 Å². The molecule has 0 fully saturated rings. The molecule has 0 aliphatic carbocycles. The number of carbonyl (C=O) groups is 1. The molecule has 1 amide bonds. The molecule has 0 atom stereocenters. The zero-order valence-electron chi connectivity index (χ0n) is 11.9. The topological polar surface area (TPSA) is 38.3 Å². The molecule has 7 heteroatoms. The van der Waals surface area contributed by atoms with Gasteiger partial charge in [-0.3, -0.25) is 0 Å². The Morgan fingerprint density at radius 2 is 1.83 bits per heavy atom. The maximum Gasteiger partial charge on any atom is 0.416 e. The summed E-state index contributed by atoms with van der Waals surface area (Å²) in [5, 5.41) is 2.32. The van der Waals surface area contributed by atoms with Crippen molar-refractivity contribution in [1.29, 1.82) is 0 Å². The van der Waals surface area contributed by atoms with Gasteiger partial charge in [-0.2, -0.15) is 13.2 Å². The lowest BCUT2D eigenvalue weighted by Gasteiger charge is -2.14. The van der Waals surface area contributed by atoms with E-state index in [1.807, 2.05) is 6.07 Å². The SMILES string of the molecule is O=C(NCc1ccc(Br)cc1C(F)(F)F)OCc1ccccc1. The lowest BCUT2D eigenvalue weighted by atomic mass is 10.1. The van der Waals surface area contributed by atoms with E-state index in [0.717, 1.165) is 11.6 Å². The summed E-state index contributed by atoms with van der Waals surface area (Å²) in [5.74, 6) is 0. The lowest BCUT2D eigenvalue weighted by molar-refractivity contribution is -0.138. The van der Waals surface area contributed by atoms with Crippen molar-refractivity contribution in [3.63, 3.8) is 0 Å². The first-order valence-corrected chi connectivity index (χ1v) is 7.46. The number of alkyl halides is 3. The number of alkyl carbamates (subject to hydrolysis) is 1. The molecule has 23 heavy (non-hydrogen) atoms. The molecular formula is C16H13BrF3NO2. The normalized spacial score (nSPS) is 11.1. The second kappa shape index (κ2) is 7.50. The molecule has 0 unspecified atom stereocenters. The summed E-state index contributed by atoms with van der Waals surface area (Å²) in [7, 11) is 0. The summed E-state index contributed by atoms with van der Waals surface area (Å²) in [5.41, 5.74) is -0.0325. The number of hydrogen-bond donors (Lipinski definition) is 1. The summed E-state index contributed by atoms with van der Waals surface area (Å²) in [6.07, 6.45) is -5.26. The zero-order chi connectivity index (χ0) is 16.9. The van der Waals surface area contributed by atoms with Crippen molar-refractivity contribution in [1.82, 2.24) is 5.32 Å². The minimum atomic E-state index is -4.49. The largest absolute Gasteiger partial charge is 0.445 e. The monoisotopic (exact) mass is 387 g/mol. The third-order valence-electron chi connectivity index (χ3n) is 3.01. The summed E-state index contributed by atoms with van der Waals surface area (Å²) in [6, 6.07) is 12.8. The first-order chi connectivity index (χ1) is 10.9. The van der Waals surface area contributed by atoms with Gasteiger partial charge in [-0.15, -0.1) is 0 Å². The Morgan fingerprint density at radius 1 is 1.13 bits per heavy atom. The fourth-order valence-corrected chi connectivity index (χ4v) is 2.27. The van der Waals surface area contributed by atoms with E-state index in [2.05, 4.69) is 21.2 Å². The fourth-order valence-electron chi connectivity index (χ4n) is 1.91. The van der Waals surface area contributed by atoms with Crippen LogP contribution in [0.25, 0.3) is 0 Å². The van der Waals surface area contributed by atoms with E-state index in [1.54, 1.807) is 24.3 Å². The lowest BCUT2D eigenvalue weighted by Crippen LogP contribution is -2.25. The van der Waals surface area contributed by atoms with Crippen LogP contribution in [0.15, 0.2) is 53.0 Å². The quantitative estimate of drug-likeness (QED) is 0.810. The van der Waals surface area contributed by atoms with Crippen LogP contribution in [-0.4, -0.2) is 6.09 Å². The average Bonchev–Trinajstić information content (AvgIpc) is 2.52. The molecule has 0 saturated carbocycles. The molecule has 0 aliphatic rings. The second-order valence-electron chi connectivity index (χ2n) is 4.71. The minimum Gasteiger partial charge on any atom is -0.445 e. The van der Waals surface area contributed by atoms with Gasteiger partial charge in [0.25, 0.3) is 0 Å². The molecule has 0 heterocycles. The van der Waals surface area contributed by atoms with E-state index in [9.17, 15) is 18.0 Å². The van der Waals surface area contributed by atoms with E-state index >= 15 is 0 Å². The zero-order valence-corrected chi connectivity index (χ0v) is 13.4. The van der Waals surface area contributed by atoms with E-state index in [-0.39, 0.29) is 18.7 Å². The van der Waals surface area contributed by atoms with Crippen molar-refractivity contribution in [3.8, 4) is 0 Å². The number of hydrogen-bond acceptors (Lipinski definition) is 2. The van der Waals surface area contributed by atoms with Gasteiger partial charge in [0.2, 0.25) is 0 Å². The van der Waals surface area contributed by atoms with Gasteiger partial charge < -0.3 is 10.1 Å². The number of benzene rings is 2. The van der Waals surface area contributed by atoms with Gasteiger partial charge in [0, 0.05) is 11.0 Å². The predicted octanol–water partition coefficient (Wildman–Crippen LogP) is 4.89. The van der Waals surface area contributed by atoms with Crippen LogP contribution in [0, 0.1) is 0 Å². The third-order valence-corrected chi connectivity index (χ3v) is 3.51. The highest BCUT2D eigenvalue weighted by Gasteiger charge is 2.33. The molecule has 122 valence electrons. The number of carbonyl (C=O) groups excluding carboxylic acids is 1. The maximum absolute atomic E-state index is 13.0. The van der Waals surface area contributed by atoms with Crippen molar-refractivity contribution in [3.05, 3.63) is 69.7 Å². The Hall–Kier alpha value is -2.02. The molecule has 1 N–H and O–H groups in total. The number of amides is 1. The smallest absolute Gasteiger partial charge is 0.416 e. The van der Waals surface area contributed by atoms with E-state index in [4.69, 9.17) is 4.74 Å². The minimum absolute atomic E-state index is 0.0302.